The zero-order chi connectivity index (χ0) is 24.1. The molecular weight excluding hydrogens is 433 g/mol. The number of carbonyl (C=O) groups is 2. The van der Waals surface area contributed by atoms with Crippen LogP contribution in [0.3, 0.4) is 0 Å². The van der Waals surface area contributed by atoms with Crippen LogP contribution in [0.25, 0.3) is 0 Å². The van der Waals surface area contributed by atoms with E-state index >= 15 is 0 Å². The standard InChI is InChI=1S/C23H30FN3O4S/c1-6-25-23(29)18(4)26(14-19-9-7-8-10-20(19)24)22(28)15-27(32(5,30)31)21-12-11-16(2)13-17(21)3/h7-13,18H,6,14-15H2,1-5H3,(H,25,29). The Labute approximate surface area is 189 Å². The van der Waals surface area contributed by atoms with Gasteiger partial charge in [0.25, 0.3) is 0 Å². The van der Waals surface area contributed by atoms with Gasteiger partial charge in [0, 0.05) is 18.7 Å². The number of aryl methyl sites for hydroxylation is 2. The summed E-state index contributed by atoms with van der Waals surface area (Å²) in [6.07, 6.45) is 1.02. The van der Waals surface area contributed by atoms with Gasteiger partial charge in [-0.05, 0) is 45.4 Å². The third-order valence-corrected chi connectivity index (χ3v) is 6.24. The average molecular weight is 464 g/mol. The van der Waals surface area contributed by atoms with Crippen LogP contribution >= 0.6 is 0 Å². The van der Waals surface area contributed by atoms with Gasteiger partial charge in [0.1, 0.15) is 18.4 Å². The molecule has 174 valence electrons. The molecule has 2 amide bonds. The Morgan fingerprint density at radius 2 is 1.78 bits per heavy atom. The smallest absolute Gasteiger partial charge is 0.244 e. The molecule has 9 heteroatoms. The van der Waals surface area contributed by atoms with Crippen molar-refractivity contribution in [2.45, 2.75) is 40.3 Å². The molecule has 0 aliphatic heterocycles. The van der Waals surface area contributed by atoms with Gasteiger partial charge < -0.3 is 10.2 Å². The largest absolute Gasteiger partial charge is 0.355 e. The number of hydrogen-bond donors (Lipinski definition) is 1. The lowest BCUT2D eigenvalue weighted by Gasteiger charge is -2.32. The fourth-order valence-corrected chi connectivity index (χ4v) is 4.30. The number of amides is 2. The summed E-state index contributed by atoms with van der Waals surface area (Å²) < 4.78 is 40.4. The first-order valence-corrected chi connectivity index (χ1v) is 12.2. The van der Waals surface area contributed by atoms with Crippen molar-refractivity contribution >= 4 is 27.5 Å². The van der Waals surface area contributed by atoms with Crippen LogP contribution in [0.5, 0.6) is 0 Å². The van der Waals surface area contributed by atoms with E-state index in [2.05, 4.69) is 5.32 Å². The molecule has 2 aromatic rings. The number of halogens is 1. The minimum absolute atomic E-state index is 0.172. The van der Waals surface area contributed by atoms with E-state index in [0.29, 0.717) is 17.8 Å². The lowest BCUT2D eigenvalue weighted by Crippen LogP contribution is -2.51. The summed E-state index contributed by atoms with van der Waals surface area (Å²) in [6, 6.07) is 10.3. The molecule has 0 aromatic heterocycles. The minimum atomic E-state index is -3.81. The molecule has 7 nitrogen and oxygen atoms in total. The highest BCUT2D eigenvalue weighted by Crippen LogP contribution is 2.24. The second-order valence-corrected chi connectivity index (χ2v) is 9.65. The molecule has 0 spiro atoms. The molecule has 0 saturated heterocycles. The highest BCUT2D eigenvalue weighted by molar-refractivity contribution is 7.92. The fourth-order valence-electron chi connectivity index (χ4n) is 3.39. The maximum atomic E-state index is 14.3. The molecule has 1 atom stereocenters. The predicted octanol–water partition coefficient (Wildman–Crippen LogP) is 2.76. The van der Waals surface area contributed by atoms with Crippen LogP contribution in [-0.2, 0) is 26.2 Å². The Kier molecular flexibility index (Phi) is 8.38. The minimum Gasteiger partial charge on any atom is -0.355 e. The number of anilines is 1. The van der Waals surface area contributed by atoms with Gasteiger partial charge in [0.05, 0.1) is 11.9 Å². The molecule has 0 radical (unpaired) electrons. The number of likely N-dealkylation sites (N-methyl/N-ethyl adjacent to an activating group) is 1. The van der Waals surface area contributed by atoms with Crippen LogP contribution in [0, 0.1) is 19.7 Å². The Bertz CT molecular complexity index is 1090. The first kappa shape index (κ1) is 25.3. The number of nitrogens with one attached hydrogen (secondary N) is 1. The normalized spacial score (nSPS) is 12.2. The topological polar surface area (TPSA) is 86.8 Å². The van der Waals surface area contributed by atoms with Gasteiger partial charge in [0.15, 0.2) is 0 Å². The average Bonchev–Trinajstić information content (AvgIpc) is 2.70. The van der Waals surface area contributed by atoms with Crippen molar-refractivity contribution < 1.29 is 22.4 Å². The molecule has 1 unspecified atom stereocenters. The van der Waals surface area contributed by atoms with Crippen molar-refractivity contribution in [2.75, 3.05) is 23.7 Å². The van der Waals surface area contributed by atoms with Gasteiger partial charge >= 0.3 is 0 Å². The van der Waals surface area contributed by atoms with Gasteiger partial charge in [-0.25, -0.2) is 12.8 Å². The monoisotopic (exact) mass is 463 g/mol. The zero-order valence-corrected chi connectivity index (χ0v) is 19.9. The van der Waals surface area contributed by atoms with Gasteiger partial charge in [0.2, 0.25) is 21.8 Å². The van der Waals surface area contributed by atoms with E-state index in [1.165, 1.54) is 30.0 Å². The van der Waals surface area contributed by atoms with Crippen LogP contribution in [0.4, 0.5) is 10.1 Å². The maximum Gasteiger partial charge on any atom is 0.244 e. The Balaban J connectivity index is 2.43. The van der Waals surface area contributed by atoms with Crippen molar-refractivity contribution in [1.29, 1.82) is 0 Å². The molecule has 0 bridgehead atoms. The maximum absolute atomic E-state index is 14.3. The summed E-state index contributed by atoms with van der Waals surface area (Å²) >= 11 is 0. The first-order valence-electron chi connectivity index (χ1n) is 10.3. The summed E-state index contributed by atoms with van der Waals surface area (Å²) in [5.74, 6) is -1.53. The molecule has 2 rings (SSSR count). The lowest BCUT2D eigenvalue weighted by molar-refractivity contribution is -0.139. The summed E-state index contributed by atoms with van der Waals surface area (Å²) in [6.45, 7) is 6.61. The van der Waals surface area contributed by atoms with E-state index < -0.39 is 40.2 Å². The second-order valence-electron chi connectivity index (χ2n) is 7.74. The molecular formula is C23H30FN3O4S. The summed E-state index contributed by atoms with van der Waals surface area (Å²) in [5, 5.41) is 2.65. The van der Waals surface area contributed by atoms with Crippen molar-refractivity contribution in [3.05, 3.63) is 65.0 Å². The van der Waals surface area contributed by atoms with E-state index in [1.807, 2.05) is 13.0 Å². The highest BCUT2D eigenvalue weighted by atomic mass is 32.2. The van der Waals surface area contributed by atoms with Crippen molar-refractivity contribution in [3.63, 3.8) is 0 Å². The van der Waals surface area contributed by atoms with Gasteiger partial charge in [-0.3, -0.25) is 13.9 Å². The van der Waals surface area contributed by atoms with Crippen LogP contribution in [0.2, 0.25) is 0 Å². The highest BCUT2D eigenvalue weighted by Gasteiger charge is 2.30. The fraction of sp³-hybridized carbons (Fsp3) is 0.391. The summed E-state index contributed by atoms with van der Waals surface area (Å²) in [4.78, 5) is 27.0. The van der Waals surface area contributed by atoms with Gasteiger partial charge in [-0.2, -0.15) is 0 Å². The quantitative estimate of drug-likeness (QED) is 0.620. The number of sulfonamides is 1. The van der Waals surface area contributed by atoms with Crippen molar-refractivity contribution in [3.8, 4) is 0 Å². The number of hydrogen-bond acceptors (Lipinski definition) is 4. The molecule has 0 fully saturated rings. The first-order chi connectivity index (χ1) is 15.0. The van der Waals surface area contributed by atoms with Crippen LogP contribution in [-0.4, -0.2) is 50.5 Å². The third-order valence-electron chi connectivity index (χ3n) is 5.12. The van der Waals surface area contributed by atoms with Crippen LogP contribution in [0.1, 0.15) is 30.5 Å². The van der Waals surface area contributed by atoms with E-state index in [1.54, 1.807) is 32.0 Å². The Hall–Kier alpha value is -2.94. The Morgan fingerprint density at radius 1 is 1.12 bits per heavy atom. The second kappa shape index (κ2) is 10.6. The molecule has 0 saturated carbocycles. The zero-order valence-electron chi connectivity index (χ0n) is 19.1. The van der Waals surface area contributed by atoms with E-state index in [9.17, 15) is 22.4 Å². The van der Waals surface area contributed by atoms with E-state index in [4.69, 9.17) is 0 Å². The molecule has 32 heavy (non-hydrogen) atoms. The van der Waals surface area contributed by atoms with E-state index in [-0.39, 0.29) is 12.1 Å². The lowest BCUT2D eigenvalue weighted by atomic mass is 10.1. The Morgan fingerprint density at radius 3 is 2.34 bits per heavy atom. The van der Waals surface area contributed by atoms with Crippen molar-refractivity contribution in [2.24, 2.45) is 0 Å². The SMILES string of the molecule is CCNC(=O)C(C)N(Cc1ccccc1F)C(=O)CN(c1ccc(C)cc1C)S(C)(=O)=O. The number of nitrogens with zero attached hydrogens (tertiary/aromatic N) is 2. The van der Waals surface area contributed by atoms with Crippen molar-refractivity contribution in [1.82, 2.24) is 10.2 Å². The number of rotatable bonds is 9. The molecule has 0 aliphatic carbocycles. The number of carbonyl (C=O) groups excluding carboxylic acids is 2. The molecule has 1 N–H and O–H groups in total. The van der Waals surface area contributed by atoms with Gasteiger partial charge in [-0.1, -0.05) is 35.9 Å². The molecule has 0 aliphatic rings. The van der Waals surface area contributed by atoms with Gasteiger partial charge in [-0.15, -0.1) is 0 Å². The molecule has 2 aromatic carbocycles. The third kappa shape index (κ3) is 6.29. The summed E-state index contributed by atoms with van der Waals surface area (Å²) in [7, 11) is -3.81. The predicted molar refractivity (Wildman–Crippen MR) is 123 cm³/mol. The van der Waals surface area contributed by atoms with Crippen LogP contribution in [0.15, 0.2) is 42.5 Å². The molecule has 0 heterocycles. The number of benzene rings is 2. The van der Waals surface area contributed by atoms with Crippen LogP contribution < -0.4 is 9.62 Å². The summed E-state index contributed by atoms with van der Waals surface area (Å²) in [5.41, 5.74) is 2.26. The van der Waals surface area contributed by atoms with E-state index in [0.717, 1.165) is 16.1 Å².